The van der Waals surface area contributed by atoms with Gasteiger partial charge in [0, 0.05) is 0 Å². The first kappa shape index (κ1) is 24.1. The highest BCUT2D eigenvalue weighted by molar-refractivity contribution is 5.18. The van der Waals surface area contributed by atoms with E-state index in [9.17, 15) is 0 Å². The van der Waals surface area contributed by atoms with Gasteiger partial charge in [-0.2, -0.15) is 0 Å². The fourth-order valence-electron chi connectivity index (χ4n) is 7.06. The van der Waals surface area contributed by atoms with Crippen LogP contribution in [0.1, 0.15) is 129 Å². The van der Waals surface area contributed by atoms with Gasteiger partial charge in [0.25, 0.3) is 0 Å². The predicted octanol–water partition coefficient (Wildman–Crippen LogP) is 9.90. The highest BCUT2D eigenvalue weighted by Gasteiger charge is 2.33. The van der Waals surface area contributed by atoms with E-state index in [1.54, 1.807) is 0 Å². The Kier molecular flexibility index (Phi) is 10.6. The molecule has 3 saturated carbocycles. The van der Waals surface area contributed by atoms with E-state index in [0.717, 1.165) is 35.5 Å². The number of allylic oxidation sites excluding steroid dienone is 2. The maximum atomic E-state index is 4.13. The Morgan fingerprint density at radius 2 is 1.43 bits per heavy atom. The molecule has 172 valence electrons. The van der Waals surface area contributed by atoms with Crippen LogP contribution >= 0.6 is 0 Å². The maximum absolute atomic E-state index is 4.13. The van der Waals surface area contributed by atoms with Gasteiger partial charge in [-0.1, -0.05) is 121 Å². The van der Waals surface area contributed by atoms with Crippen LogP contribution in [-0.4, -0.2) is 0 Å². The van der Waals surface area contributed by atoms with E-state index in [-0.39, 0.29) is 0 Å². The monoisotopic (exact) mass is 412 g/mol. The molecule has 3 aliphatic carbocycles. The molecular weight excluding hydrogens is 360 g/mol. The molecule has 0 nitrogen and oxygen atoms in total. The van der Waals surface area contributed by atoms with Gasteiger partial charge in [0.05, 0.1) is 0 Å². The van der Waals surface area contributed by atoms with Crippen LogP contribution in [0.15, 0.2) is 24.8 Å². The molecule has 0 heteroatoms. The van der Waals surface area contributed by atoms with E-state index in [0.29, 0.717) is 0 Å². The molecule has 0 N–H and O–H groups in total. The number of rotatable bonds is 14. The van der Waals surface area contributed by atoms with Crippen molar-refractivity contribution in [3.63, 3.8) is 0 Å². The van der Waals surface area contributed by atoms with Gasteiger partial charge < -0.3 is 0 Å². The molecule has 0 aromatic carbocycles. The summed E-state index contributed by atoms with van der Waals surface area (Å²) in [5.41, 5.74) is 1.51. The van der Waals surface area contributed by atoms with Crippen LogP contribution in [-0.2, 0) is 0 Å². The van der Waals surface area contributed by atoms with Crippen molar-refractivity contribution in [2.24, 2.45) is 35.5 Å². The molecule has 3 fully saturated rings. The third kappa shape index (κ3) is 8.20. The van der Waals surface area contributed by atoms with Crippen LogP contribution in [0, 0.1) is 35.5 Å². The van der Waals surface area contributed by atoms with Crippen LogP contribution in [0.5, 0.6) is 0 Å². The highest BCUT2D eigenvalue weighted by atomic mass is 14.4. The van der Waals surface area contributed by atoms with Gasteiger partial charge in [-0.05, 0) is 61.2 Å². The fraction of sp³-hybridized carbons (Fsp3) is 0.867. The summed E-state index contributed by atoms with van der Waals surface area (Å²) in [6, 6.07) is 0. The summed E-state index contributed by atoms with van der Waals surface area (Å²) in [7, 11) is 0. The van der Waals surface area contributed by atoms with Crippen molar-refractivity contribution in [2.45, 2.75) is 129 Å². The fourth-order valence-corrected chi connectivity index (χ4v) is 7.06. The third-order valence-electron chi connectivity index (χ3n) is 9.04. The second-order valence-corrected chi connectivity index (χ2v) is 11.6. The molecule has 3 atom stereocenters. The van der Waals surface area contributed by atoms with Crippen LogP contribution in [0.2, 0.25) is 0 Å². The average Bonchev–Trinajstić information content (AvgIpc) is 3.46. The van der Waals surface area contributed by atoms with Gasteiger partial charge in [0.2, 0.25) is 0 Å². The zero-order chi connectivity index (χ0) is 21.2. The summed E-state index contributed by atoms with van der Waals surface area (Å²) < 4.78 is 0. The van der Waals surface area contributed by atoms with E-state index in [1.807, 2.05) is 0 Å². The Bertz CT molecular complexity index is 472. The lowest BCUT2D eigenvalue weighted by Gasteiger charge is -2.39. The molecule has 0 heterocycles. The Balaban J connectivity index is 1.41. The molecule has 0 amide bonds. The zero-order valence-corrected chi connectivity index (χ0v) is 20.4. The lowest BCUT2D eigenvalue weighted by Crippen LogP contribution is -2.29. The average molecular weight is 413 g/mol. The lowest BCUT2D eigenvalue weighted by atomic mass is 9.66. The maximum Gasteiger partial charge on any atom is -0.0166 e. The summed E-state index contributed by atoms with van der Waals surface area (Å²) in [4.78, 5) is 0. The van der Waals surface area contributed by atoms with Gasteiger partial charge in [-0.15, -0.1) is 6.58 Å². The first-order chi connectivity index (χ1) is 14.7. The van der Waals surface area contributed by atoms with E-state index >= 15 is 0 Å². The second-order valence-electron chi connectivity index (χ2n) is 11.6. The quantitative estimate of drug-likeness (QED) is 0.197. The minimum atomic E-state index is 0.883. The predicted molar refractivity (Wildman–Crippen MR) is 134 cm³/mol. The van der Waals surface area contributed by atoms with Gasteiger partial charge in [0.15, 0.2) is 0 Å². The van der Waals surface area contributed by atoms with Crippen molar-refractivity contribution in [2.75, 3.05) is 0 Å². The SMILES string of the molecule is C=CCC(CCCCCC(C)CC1CC1=C)CC(C1CCCCC1)C1CCCCC1. The normalized spacial score (nSPS) is 25.4. The largest absolute Gasteiger partial charge is 0.103 e. The molecule has 3 aliphatic rings. The lowest BCUT2D eigenvalue weighted by molar-refractivity contribution is 0.114. The van der Waals surface area contributed by atoms with Crippen molar-refractivity contribution >= 4 is 0 Å². The molecule has 0 aromatic heterocycles. The van der Waals surface area contributed by atoms with Crippen molar-refractivity contribution in [1.82, 2.24) is 0 Å². The Morgan fingerprint density at radius 3 is 1.97 bits per heavy atom. The topological polar surface area (TPSA) is 0 Å². The minimum Gasteiger partial charge on any atom is -0.103 e. The summed E-state index contributed by atoms with van der Waals surface area (Å²) in [6.45, 7) is 10.7. The van der Waals surface area contributed by atoms with Crippen LogP contribution in [0.4, 0.5) is 0 Å². The molecule has 3 unspecified atom stereocenters. The molecule has 3 rings (SSSR count). The first-order valence-electron chi connectivity index (χ1n) is 14.0. The van der Waals surface area contributed by atoms with E-state index in [2.05, 4.69) is 26.2 Å². The molecular formula is C30H52. The Hall–Kier alpha value is -0.520. The summed E-state index contributed by atoms with van der Waals surface area (Å²) in [6.07, 6.45) is 30.1. The zero-order valence-electron chi connectivity index (χ0n) is 20.4. The molecule has 0 aromatic rings. The first-order valence-corrected chi connectivity index (χ1v) is 14.0. The molecule has 0 bridgehead atoms. The Morgan fingerprint density at radius 1 is 0.867 bits per heavy atom. The van der Waals surface area contributed by atoms with Crippen molar-refractivity contribution in [3.05, 3.63) is 24.8 Å². The van der Waals surface area contributed by atoms with Crippen LogP contribution < -0.4 is 0 Å². The van der Waals surface area contributed by atoms with Gasteiger partial charge in [-0.3, -0.25) is 0 Å². The van der Waals surface area contributed by atoms with Gasteiger partial charge in [-0.25, -0.2) is 0 Å². The van der Waals surface area contributed by atoms with Gasteiger partial charge >= 0.3 is 0 Å². The Labute approximate surface area is 189 Å². The molecule has 0 aliphatic heterocycles. The minimum absolute atomic E-state index is 0.883. The summed E-state index contributed by atoms with van der Waals surface area (Å²) >= 11 is 0. The summed E-state index contributed by atoms with van der Waals surface area (Å²) in [5.74, 6) is 5.82. The smallest absolute Gasteiger partial charge is 0.0166 e. The van der Waals surface area contributed by atoms with Gasteiger partial charge in [0.1, 0.15) is 0 Å². The molecule has 0 radical (unpaired) electrons. The highest BCUT2D eigenvalue weighted by Crippen LogP contribution is 2.44. The standard InChI is InChI=1S/C30H52/c1-4-14-26(16-9-5-8-15-24(2)21-29-22-25(29)3)23-30(27-17-10-6-11-18-27)28-19-12-7-13-20-28/h4,24,26-30H,1,3,5-23H2,2H3. The van der Waals surface area contributed by atoms with Crippen LogP contribution in [0.25, 0.3) is 0 Å². The van der Waals surface area contributed by atoms with E-state index < -0.39 is 0 Å². The number of hydrogen-bond donors (Lipinski definition) is 0. The van der Waals surface area contributed by atoms with Crippen molar-refractivity contribution < 1.29 is 0 Å². The van der Waals surface area contributed by atoms with Crippen molar-refractivity contribution in [3.8, 4) is 0 Å². The van der Waals surface area contributed by atoms with E-state index in [4.69, 9.17) is 0 Å². The number of hydrogen-bond acceptors (Lipinski definition) is 0. The van der Waals surface area contributed by atoms with E-state index in [1.165, 1.54) is 128 Å². The molecule has 0 saturated heterocycles. The molecule has 0 spiro atoms. The summed E-state index contributed by atoms with van der Waals surface area (Å²) in [5, 5.41) is 0. The van der Waals surface area contributed by atoms with Crippen molar-refractivity contribution in [1.29, 1.82) is 0 Å². The number of unbranched alkanes of at least 4 members (excludes halogenated alkanes) is 2. The van der Waals surface area contributed by atoms with Crippen LogP contribution in [0.3, 0.4) is 0 Å². The molecule has 30 heavy (non-hydrogen) atoms. The second kappa shape index (κ2) is 13.1. The third-order valence-corrected chi connectivity index (χ3v) is 9.04.